The first-order valence-electron chi connectivity index (χ1n) is 13.3. The number of amides is 1. The fourth-order valence-electron chi connectivity index (χ4n) is 5.80. The van der Waals surface area contributed by atoms with Gasteiger partial charge in [-0.25, -0.2) is 4.79 Å². The quantitative estimate of drug-likeness (QED) is 0.205. The van der Waals surface area contributed by atoms with Gasteiger partial charge in [-0.15, -0.1) is 0 Å². The zero-order chi connectivity index (χ0) is 27.9. The van der Waals surface area contributed by atoms with Crippen LogP contribution >= 0.6 is 0 Å². The highest BCUT2D eigenvalue weighted by atomic mass is 16.6. The summed E-state index contributed by atoms with van der Waals surface area (Å²) in [6.07, 6.45) is 3.75. The summed E-state index contributed by atoms with van der Waals surface area (Å²) in [7, 11) is 1.30. The van der Waals surface area contributed by atoms with Gasteiger partial charge in [-0.05, 0) is 69.8 Å². The van der Waals surface area contributed by atoms with E-state index in [-0.39, 0.29) is 5.69 Å². The summed E-state index contributed by atoms with van der Waals surface area (Å²) in [5.74, 6) is -0.656. The van der Waals surface area contributed by atoms with E-state index in [1.54, 1.807) is 24.0 Å². The van der Waals surface area contributed by atoms with Gasteiger partial charge in [0.05, 0.1) is 29.2 Å². The first-order chi connectivity index (χ1) is 18.8. The van der Waals surface area contributed by atoms with Gasteiger partial charge >= 0.3 is 5.97 Å². The van der Waals surface area contributed by atoms with Crippen molar-refractivity contribution < 1.29 is 19.2 Å². The van der Waals surface area contributed by atoms with Gasteiger partial charge in [0, 0.05) is 30.1 Å². The third-order valence-electron chi connectivity index (χ3n) is 7.71. The fraction of sp³-hybridized carbons (Fsp3) is 0.400. The van der Waals surface area contributed by atoms with Crippen molar-refractivity contribution in [1.29, 1.82) is 0 Å². The molecule has 1 unspecified atom stereocenters. The van der Waals surface area contributed by atoms with Crippen LogP contribution in [0.1, 0.15) is 56.1 Å². The van der Waals surface area contributed by atoms with Gasteiger partial charge in [-0.1, -0.05) is 42.5 Å². The Bertz CT molecular complexity index is 1270. The minimum absolute atomic E-state index is 0.0820. The number of hydrogen-bond acceptors (Lipinski definition) is 7. The molecule has 2 aliphatic heterocycles. The third kappa shape index (κ3) is 6.37. The van der Waals surface area contributed by atoms with Crippen molar-refractivity contribution in [3.05, 3.63) is 98.5 Å². The van der Waals surface area contributed by atoms with Crippen molar-refractivity contribution >= 4 is 18.1 Å². The Balaban J connectivity index is 1.50. The molecule has 2 aliphatic rings. The number of nitrogens with zero attached hydrogens (tertiary/aromatic N) is 3. The van der Waals surface area contributed by atoms with Crippen LogP contribution in [0.3, 0.4) is 0 Å². The van der Waals surface area contributed by atoms with E-state index in [1.807, 2.05) is 13.0 Å². The molecule has 0 aromatic heterocycles. The number of rotatable bonds is 10. The molecular weight excluding hydrogens is 496 g/mol. The Labute approximate surface area is 229 Å². The van der Waals surface area contributed by atoms with Crippen molar-refractivity contribution in [2.45, 2.75) is 44.9 Å². The molecule has 0 spiro atoms. The summed E-state index contributed by atoms with van der Waals surface area (Å²) < 4.78 is 5.08. The van der Waals surface area contributed by atoms with Crippen molar-refractivity contribution in [1.82, 2.24) is 15.1 Å². The first-order valence-corrected chi connectivity index (χ1v) is 13.3. The molecule has 0 radical (unpaired) electrons. The summed E-state index contributed by atoms with van der Waals surface area (Å²) in [6.45, 7) is 6.94. The van der Waals surface area contributed by atoms with Crippen LogP contribution in [0.25, 0.3) is 0 Å². The van der Waals surface area contributed by atoms with Crippen molar-refractivity contribution in [3.8, 4) is 0 Å². The van der Waals surface area contributed by atoms with E-state index in [0.29, 0.717) is 40.7 Å². The lowest BCUT2D eigenvalue weighted by Gasteiger charge is -2.36. The van der Waals surface area contributed by atoms with Gasteiger partial charge in [0.25, 0.3) is 5.69 Å². The van der Waals surface area contributed by atoms with Crippen LogP contribution < -0.4 is 5.32 Å². The monoisotopic (exact) mass is 532 g/mol. The van der Waals surface area contributed by atoms with E-state index >= 15 is 0 Å². The minimum atomic E-state index is -0.689. The van der Waals surface area contributed by atoms with Crippen LogP contribution in [-0.2, 0) is 14.3 Å². The molecule has 0 bridgehead atoms. The maximum Gasteiger partial charge on any atom is 0.336 e. The number of likely N-dealkylation sites (tertiary alicyclic amines) is 1. The van der Waals surface area contributed by atoms with E-state index in [9.17, 15) is 19.7 Å². The van der Waals surface area contributed by atoms with E-state index in [2.05, 4.69) is 34.5 Å². The molecule has 2 heterocycles. The SMILES string of the molecule is COC(=O)C1=C(C)NC(C)=C(N(C=O)CCCN2CCC(c3ccccc3)CC2)C1c1cccc([N+](=O)[O-])c1. The molecule has 4 rings (SSSR count). The zero-order valence-electron chi connectivity index (χ0n) is 22.8. The third-order valence-corrected chi connectivity index (χ3v) is 7.71. The largest absolute Gasteiger partial charge is 0.466 e. The lowest BCUT2D eigenvalue weighted by atomic mass is 9.83. The predicted octanol–water partition coefficient (Wildman–Crippen LogP) is 4.69. The van der Waals surface area contributed by atoms with Crippen molar-refractivity contribution in [3.63, 3.8) is 0 Å². The molecule has 0 aliphatic carbocycles. The average molecular weight is 533 g/mol. The minimum Gasteiger partial charge on any atom is -0.466 e. The van der Waals surface area contributed by atoms with Crippen molar-refractivity contribution in [2.24, 2.45) is 0 Å². The number of non-ortho nitro benzene ring substituents is 1. The van der Waals surface area contributed by atoms with E-state index in [0.717, 1.165) is 45.3 Å². The molecule has 206 valence electrons. The summed E-state index contributed by atoms with van der Waals surface area (Å²) in [4.78, 5) is 40.4. The topological polar surface area (TPSA) is 105 Å². The lowest BCUT2D eigenvalue weighted by molar-refractivity contribution is -0.384. The highest BCUT2D eigenvalue weighted by molar-refractivity contribution is 5.92. The summed E-state index contributed by atoms with van der Waals surface area (Å²) in [5, 5.41) is 14.7. The highest BCUT2D eigenvalue weighted by Crippen LogP contribution is 2.40. The average Bonchev–Trinajstić information content (AvgIpc) is 2.96. The maximum absolute atomic E-state index is 12.9. The second-order valence-corrected chi connectivity index (χ2v) is 10.1. The molecule has 2 aromatic rings. The summed E-state index contributed by atoms with van der Waals surface area (Å²) in [6, 6.07) is 16.8. The van der Waals surface area contributed by atoms with Crippen LogP contribution in [0.2, 0.25) is 0 Å². The number of nitrogens with one attached hydrogen (secondary N) is 1. The number of benzene rings is 2. The van der Waals surface area contributed by atoms with Crippen LogP contribution in [0.4, 0.5) is 5.69 Å². The molecule has 9 nitrogen and oxygen atoms in total. The number of allylic oxidation sites excluding steroid dienone is 3. The number of piperidine rings is 1. The number of hydrogen-bond donors (Lipinski definition) is 1. The molecule has 1 atom stereocenters. The molecular formula is C30H36N4O5. The highest BCUT2D eigenvalue weighted by Gasteiger charge is 2.37. The number of carbonyl (C=O) groups is 2. The van der Waals surface area contributed by atoms with E-state index in [4.69, 9.17) is 4.74 Å². The van der Waals surface area contributed by atoms with Gasteiger partial charge < -0.3 is 19.9 Å². The molecule has 1 N–H and O–H groups in total. The van der Waals surface area contributed by atoms with Gasteiger partial charge in [0.15, 0.2) is 0 Å². The Hall–Kier alpha value is -3.98. The lowest BCUT2D eigenvalue weighted by Crippen LogP contribution is -2.38. The smallest absolute Gasteiger partial charge is 0.336 e. The van der Waals surface area contributed by atoms with Gasteiger partial charge in [-0.3, -0.25) is 14.9 Å². The Morgan fingerprint density at radius 2 is 1.79 bits per heavy atom. The zero-order valence-corrected chi connectivity index (χ0v) is 22.8. The molecule has 9 heteroatoms. The van der Waals surface area contributed by atoms with Gasteiger partial charge in [-0.2, -0.15) is 0 Å². The van der Waals surface area contributed by atoms with E-state index in [1.165, 1.54) is 24.8 Å². The predicted molar refractivity (Wildman–Crippen MR) is 149 cm³/mol. The fourth-order valence-corrected chi connectivity index (χ4v) is 5.80. The van der Waals surface area contributed by atoms with Gasteiger partial charge in [0.2, 0.25) is 6.41 Å². The molecule has 1 amide bonds. The normalized spacial score (nSPS) is 18.5. The maximum atomic E-state index is 12.9. The molecule has 0 saturated carbocycles. The van der Waals surface area contributed by atoms with Crippen LogP contribution in [0.15, 0.2) is 77.3 Å². The molecule has 2 aromatic carbocycles. The van der Waals surface area contributed by atoms with E-state index < -0.39 is 16.8 Å². The van der Waals surface area contributed by atoms with Crippen LogP contribution in [0.5, 0.6) is 0 Å². The second kappa shape index (κ2) is 12.7. The molecule has 1 saturated heterocycles. The van der Waals surface area contributed by atoms with Crippen LogP contribution in [-0.4, -0.2) is 60.4 Å². The number of methoxy groups -OCH3 is 1. The first kappa shape index (κ1) is 28.0. The van der Waals surface area contributed by atoms with Crippen LogP contribution in [0, 0.1) is 10.1 Å². The number of carbonyl (C=O) groups excluding carboxylic acids is 2. The standard InChI is InChI=1S/C30H36N4O5/c1-21-27(30(36)39-3)28(25-11-7-12-26(19-25)34(37)38)29(22(2)31-21)33(20-35)16-8-15-32-17-13-24(14-18-32)23-9-5-4-6-10-23/h4-7,9-12,19-20,24,28,31H,8,13-18H2,1-3H3. The number of ether oxygens (including phenoxy) is 1. The number of esters is 1. The molecule has 39 heavy (non-hydrogen) atoms. The summed E-state index contributed by atoms with van der Waals surface area (Å²) >= 11 is 0. The number of nitro groups is 1. The number of dihydropyridines is 1. The molecule has 1 fully saturated rings. The summed E-state index contributed by atoms with van der Waals surface area (Å²) in [5.41, 5.74) is 4.09. The van der Waals surface area contributed by atoms with Gasteiger partial charge in [0.1, 0.15) is 0 Å². The second-order valence-electron chi connectivity index (χ2n) is 10.1. The Morgan fingerprint density at radius 1 is 1.10 bits per heavy atom. The Kier molecular flexibility index (Phi) is 9.14. The van der Waals surface area contributed by atoms with Crippen molar-refractivity contribution in [2.75, 3.05) is 33.3 Å². The number of nitro benzene ring substituents is 1. The Morgan fingerprint density at radius 3 is 2.44 bits per heavy atom.